The zero-order valence-electron chi connectivity index (χ0n) is 9.75. The number of hydrogen-bond acceptors (Lipinski definition) is 4. The predicted molar refractivity (Wildman–Crippen MR) is 63.0 cm³/mol. The summed E-state index contributed by atoms with van der Waals surface area (Å²) in [5, 5.41) is 25.7. The largest absolute Gasteiger partial charge is 0.396 e. The summed E-state index contributed by atoms with van der Waals surface area (Å²) < 4.78 is 15.3. The molecule has 0 atom stereocenters. The van der Waals surface area contributed by atoms with Crippen molar-refractivity contribution < 1.29 is 14.6 Å². The molecule has 1 heterocycles. The van der Waals surface area contributed by atoms with Crippen LogP contribution in [0.15, 0.2) is 24.3 Å². The third kappa shape index (κ3) is 2.39. The topological polar surface area (TPSA) is 71.2 Å². The van der Waals surface area contributed by atoms with E-state index in [4.69, 9.17) is 5.11 Å². The number of nitrogens with zero attached hydrogens (tertiary/aromatic N) is 3. The van der Waals surface area contributed by atoms with Crippen LogP contribution in [0.4, 0.5) is 4.39 Å². The third-order valence-corrected chi connectivity index (χ3v) is 2.61. The van der Waals surface area contributed by atoms with E-state index < -0.39 is 0 Å². The molecule has 2 N–H and O–H groups in total. The molecule has 18 heavy (non-hydrogen) atoms. The lowest BCUT2D eigenvalue weighted by Gasteiger charge is -2.07. The van der Waals surface area contributed by atoms with Crippen molar-refractivity contribution in [2.24, 2.45) is 0 Å². The van der Waals surface area contributed by atoms with Gasteiger partial charge in [0, 0.05) is 18.7 Å². The first-order valence-corrected chi connectivity index (χ1v) is 5.67. The first-order chi connectivity index (χ1) is 8.77. The van der Waals surface area contributed by atoms with Crippen LogP contribution in [0.5, 0.6) is 0 Å². The molecule has 1 aromatic carbocycles. The van der Waals surface area contributed by atoms with Crippen molar-refractivity contribution in [3.63, 3.8) is 0 Å². The average Bonchev–Trinajstić information content (AvgIpc) is 2.79. The molecule has 0 aliphatic carbocycles. The van der Waals surface area contributed by atoms with Gasteiger partial charge in [0.15, 0.2) is 0 Å². The third-order valence-electron chi connectivity index (χ3n) is 2.61. The van der Waals surface area contributed by atoms with Crippen LogP contribution in [0.2, 0.25) is 0 Å². The van der Waals surface area contributed by atoms with Crippen molar-refractivity contribution in [3.8, 4) is 11.3 Å². The predicted octanol–water partition coefficient (Wildman–Crippen LogP) is 0.959. The maximum Gasteiger partial charge on any atom is 0.132 e. The maximum atomic E-state index is 13.8. The molecule has 2 aromatic rings. The van der Waals surface area contributed by atoms with E-state index in [9.17, 15) is 9.50 Å². The summed E-state index contributed by atoms with van der Waals surface area (Å²) in [6.07, 6.45) is 0.496. The minimum atomic E-state index is -0.389. The highest BCUT2D eigenvalue weighted by Crippen LogP contribution is 2.25. The normalized spacial score (nSPS) is 10.8. The standard InChI is InChI=1S/C12H14FN3O2/c13-10-5-2-1-4-9(10)12-11(8-18)14-15-16(12)6-3-7-17/h1-2,4-5,17-18H,3,6-8H2. The highest BCUT2D eigenvalue weighted by Gasteiger charge is 2.16. The van der Waals surface area contributed by atoms with Crippen LogP contribution in [-0.2, 0) is 13.2 Å². The van der Waals surface area contributed by atoms with E-state index in [0.717, 1.165) is 0 Å². The molecule has 0 bridgehead atoms. The number of aromatic nitrogens is 3. The Labute approximate surface area is 103 Å². The minimum absolute atomic E-state index is 0.0189. The van der Waals surface area contributed by atoms with Gasteiger partial charge < -0.3 is 10.2 Å². The van der Waals surface area contributed by atoms with Crippen molar-refractivity contribution >= 4 is 0 Å². The first kappa shape index (κ1) is 12.7. The summed E-state index contributed by atoms with van der Waals surface area (Å²) in [5.41, 5.74) is 1.14. The molecule has 0 saturated carbocycles. The summed E-state index contributed by atoms with van der Waals surface area (Å²) >= 11 is 0. The van der Waals surface area contributed by atoms with Crippen LogP contribution in [0.3, 0.4) is 0 Å². The number of rotatable bonds is 5. The van der Waals surface area contributed by atoms with E-state index >= 15 is 0 Å². The number of aryl methyl sites for hydroxylation is 1. The highest BCUT2D eigenvalue weighted by molar-refractivity contribution is 5.62. The molecule has 0 aliphatic heterocycles. The van der Waals surface area contributed by atoms with E-state index in [2.05, 4.69) is 10.3 Å². The Morgan fingerprint density at radius 1 is 1.22 bits per heavy atom. The molecule has 5 nitrogen and oxygen atoms in total. The van der Waals surface area contributed by atoms with Crippen LogP contribution in [0.25, 0.3) is 11.3 Å². The van der Waals surface area contributed by atoms with Crippen LogP contribution in [0, 0.1) is 5.82 Å². The lowest BCUT2D eigenvalue weighted by molar-refractivity contribution is 0.276. The van der Waals surface area contributed by atoms with Crippen molar-refractivity contribution in [3.05, 3.63) is 35.8 Å². The lowest BCUT2D eigenvalue weighted by Crippen LogP contribution is -2.05. The molecule has 96 valence electrons. The SMILES string of the molecule is OCCCn1nnc(CO)c1-c1ccccc1F. The van der Waals surface area contributed by atoms with Gasteiger partial charge in [0.2, 0.25) is 0 Å². The summed E-state index contributed by atoms with van der Waals surface area (Å²) in [6, 6.07) is 6.27. The number of benzene rings is 1. The maximum absolute atomic E-state index is 13.8. The van der Waals surface area contributed by atoms with E-state index in [1.807, 2.05) is 0 Å². The molecular weight excluding hydrogens is 237 g/mol. The molecule has 0 aliphatic rings. The van der Waals surface area contributed by atoms with E-state index in [1.54, 1.807) is 18.2 Å². The smallest absolute Gasteiger partial charge is 0.132 e. The van der Waals surface area contributed by atoms with Crippen molar-refractivity contribution in [2.75, 3.05) is 6.61 Å². The molecule has 1 aromatic heterocycles. The Bertz CT molecular complexity index is 528. The van der Waals surface area contributed by atoms with E-state index in [1.165, 1.54) is 10.7 Å². The van der Waals surface area contributed by atoms with Gasteiger partial charge in [0.25, 0.3) is 0 Å². The quantitative estimate of drug-likeness (QED) is 0.830. The zero-order valence-corrected chi connectivity index (χ0v) is 9.75. The molecule has 0 fully saturated rings. The number of aliphatic hydroxyl groups excluding tert-OH is 2. The molecule has 0 spiro atoms. The van der Waals surface area contributed by atoms with Gasteiger partial charge in [-0.1, -0.05) is 17.3 Å². The van der Waals surface area contributed by atoms with Gasteiger partial charge in [-0.3, -0.25) is 0 Å². The molecule has 0 radical (unpaired) electrons. The number of halogens is 1. The van der Waals surface area contributed by atoms with Gasteiger partial charge in [-0.05, 0) is 18.6 Å². The summed E-state index contributed by atoms with van der Waals surface area (Å²) in [6.45, 7) is 0.140. The zero-order chi connectivity index (χ0) is 13.0. The average molecular weight is 251 g/mol. The fourth-order valence-electron chi connectivity index (χ4n) is 1.78. The van der Waals surface area contributed by atoms with E-state index in [0.29, 0.717) is 29.9 Å². The first-order valence-electron chi connectivity index (χ1n) is 5.67. The fraction of sp³-hybridized carbons (Fsp3) is 0.333. The Kier molecular flexibility index (Phi) is 4.01. The van der Waals surface area contributed by atoms with Crippen LogP contribution in [0.1, 0.15) is 12.1 Å². The second-order valence-electron chi connectivity index (χ2n) is 3.82. The van der Waals surface area contributed by atoms with Gasteiger partial charge in [0.1, 0.15) is 11.5 Å². The van der Waals surface area contributed by atoms with E-state index in [-0.39, 0.29) is 19.0 Å². The summed E-state index contributed by atoms with van der Waals surface area (Å²) in [4.78, 5) is 0. The van der Waals surface area contributed by atoms with Crippen LogP contribution >= 0.6 is 0 Å². The molecule has 0 saturated heterocycles. The minimum Gasteiger partial charge on any atom is -0.396 e. The van der Waals surface area contributed by atoms with Gasteiger partial charge in [0.05, 0.1) is 12.3 Å². The fourth-order valence-corrected chi connectivity index (χ4v) is 1.78. The number of hydrogen-bond donors (Lipinski definition) is 2. The van der Waals surface area contributed by atoms with Gasteiger partial charge in [-0.25, -0.2) is 9.07 Å². The van der Waals surface area contributed by atoms with Gasteiger partial charge >= 0.3 is 0 Å². The van der Waals surface area contributed by atoms with Crippen molar-refractivity contribution in [1.29, 1.82) is 0 Å². The van der Waals surface area contributed by atoms with Crippen molar-refractivity contribution in [1.82, 2.24) is 15.0 Å². The second-order valence-corrected chi connectivity index (χ2v) is 3.82. The molecular formula is C12H14FN3O2. The second kappa shape index (κ2) is 5.70. The highest BCUT2D eigenvalue weighted by atomic mass is 19.1. The summed E-state index contributed by atoms with van der Waals surface area (Å²) in [7, 11) is 0. The lowest BCUT2D eigenvalue weighted by atomic mass is 10.1. The van der Waals surface area contributed by atoms with Crippen LogP contribution < -0.4 is 0 Å². The Morgan fingerprint density at radius 3 is 2.67 bits per heavy atom. The van der Waals surface area contributed by atoms with Gasteiger partial charge in [-0.2, -0.15) is 0 Å². The van der Waals surface area contributed by atoms with Crippen molar-refractivity contribution in [2.45, 2.75) is 19.6 Å². The number of aliphatic hydroxyl groups is 2. The Morgan fingerprint density at radius 2 is 2.00 bits per heavy atom. The Balaban J connectivity index is 2.47. The molecule has 2 rings (SSSR count). The molecule has 6 heteroatoms. The summed E-state index contributed by atoms with van der Waals surface area (Å²) in [5.74, 6) is -0.389. The van der Waals surface area contributed by atoms with Crippen LogP contribution in [-0.4, -0.2) is 31.8 Å². The monoisotopic (exact) mass is 251 g/mol. The molecule has 0 amide bonds. The molecule has 0 unspecified atom stereocenters. The van der Waals surface area contributed by atoms with Gasteiger partial charge in [-0.15, -0.1) is 5.10 Å². The Hall–Kier alpha value is -1.79.